The van der Waals surface area contributed by atoms with E-state index in [1.165, 1.54) is 24.3 Å². The van der Waals surface area contributed by atoms with E-state index in [1.54, 1.807) is 13.8 Å². The van der Waals surface area contributed by atoms with Crippen molar-refractivity contribution in [3.8, 4) is 5.75 Å². The van der Waals surface area contributed by atoms with Gasteiger partial charge in [0.2, 0.25) is 23.6 Å². The predicted octanol–water partition coefficient (Wildman–Crippen LogP) is -0.231. The molecule has 0 saturated carbocycles. The number of aromatic hydroxyl groups is 1. The van der Waals surface area contributed by atoms with Gasteiger partial charge in [0.05, 0.1) is 12.5 Å². The number of aliphatic carboxylic acids is 1. The van der Waals surface area contributed by atoms with E-state index < -0.39 is 60.2 Å². The van der Waals surface area contributed by atoms with Crippen LogP contribution in [-0.2, 0) is 30.4 Å². The third-order valence-corrected chi connectivity index (χ3v) is 5.43. The molecule has 0 fully saturated rings. The molecule has 1 aromatic carbocycles. The van der Waals surface area contributed by atoms with E-state index in [2.05, 4.69) is 16.0 Å². The van der Waals surface area contributed by atoms with Gasteiger partial charge in [-0.05, 0) is 42.4 Å². The second kappa shape index (κ2) is 14.8. The van der Waals surface area contributed by atoms with Gasteiger partial charge in [-0.2, -0.15) is 0 Å². The topological polar surface area (TPSA) is 214 Å². The predicted molar refractivity (Wildman–Crippen MR) is 136 cm³/mol. The van der Waals surface area contributed by atoms with Gasteiger partial charge in [-0.1, -0.05) is 39.8 Å². The summed E-state index contributed by atoms with van der Waals surface area (Å²) < 4.78 is 0. The molecule has 37 heavy (non-hydrogen) atoms. The number of hydrogen-bond acceptors (Lipinski definition) is 7. The summed E-state index contributed by atoms with van der Waals surface area (Å²) in [7, 11) is 0. The number of phenolic OH excluding ortho intramolecular Hbond substituents is 1. The summed E-state index contributed by atoms with van der Waals surface area (Å²) in [6.45, 7) is 7.35. The lowest BCUT2D eigenvalue weighted by Crippen LogP contribution is -2.58. The molecule has 0 spiro atoms. The molecule has 0 aliphatic heterocycles. The maximum absolute atomic E-state index is 13.1. The van der Waals surface area contributed by atoms with Crippen molar-refractivity contribution in [1.82, 2.24) is 16.0 Å². The van der Waals surface area contributed by atoms with Crippen LogP contribution in [0.1, 0.15) is 52.5 Å². The molecule has 0 aliphatic carbocycles. The Bertz CT molecular complexity index is 949. The number of primary amides is 1. The van der Waals surface area contributed by atoms with Crippen molar-refractivity contribution in [2.75, 3.05) is 0 Å². The second-order valence-electron chi connectivity index (χ2n) is 9.93. The van der Waals surface area contributed by atoms with E-state index in [0.717, 1.165) is 0 Å². The first-order valence-corrected chi connectivity index (χ1v) is 12.1. The molecule has 0 aromatic heterocycles. The van der Waals surface area contributed by atoms with Crippen LogP contribution in [0.5, 0.6) is 5.75 Å². The van der Waals surface area contributed by atoms with Gasteiger partial charge in [0, 0.05) is 6.42 Å². The molecule has 4 amide bonds. The molecule has 0 aliphatic rings. The van der Waals surface area contributed by atoms with Crippen molar-refractivity contribution < 1.29 is 34.2 Å². The average Bonchev–Trinajstić information content (AvgIpc) is 2.77. The number of carboxylic acid groups (broad SMARTS) is 1. The average molecular weight is 522 g/mol. The summed E-state index contributed by atoms with van der Waals surface area (Å²) in [6, 6.07) is 1.10. The number of phenols is 1. The fourth-order valence-corrected chi connectivity index (χ4v) is 3.62. The van der Waals surface area contributed by atoms with Crippen molar-refractivity contribution in [2.24, 2.45) is 23.3 Å². The van der Waals surface area contributed by atoms with Gasteiger partial charge in [-0.15, -0.1) is 0 Å². The quantitative estimate of drug-likeness (QED) is 0.163. The van der Waals surface area contributed by atoms with Crippen molar-refractivity contribution in [2.45, 2.75) is 77.5 Å². The maximum Gasteiger partial charge on any atom is 0.326 e. The molecule has 12 heteroatoms. The third kappa shape index (κ3) is 11.7. The Morgan fingerprint density at radius 2 is 1.27 bits per heavy atom. The van der Waals surface area contributed by atoms with E-state index in [-0.39, 0.29) is 30.4 Å². The fourth-order valence-electron chi connectivity index (χ4n) is 3.62. The van der Waals surface area contributed by atoms with Gasteiger partial charge >= 0.3 is 5.97 Å². The molecule has 1 aromatic rings. The van der Waals surface area contributed by atoms with Crippen LogP contribution in [0.25, 0.3) is 0 Å². The maximum atomic E-state index is 13.1. The number of amides is 4. The van der Waals surface area contributed by atoms with Crippen LogP contribution in [-0.4, -0.2) is 64.0 Å². The number of benzene rings is 1. The summed E-state index contributed by atoms with van der Waals surface area (Å²) in [4.78, 5) is 62.0. The molecule has 4 unspecified atom stereocenters. The minimum absolute atomic E-state index is 0.00127. The molecule has 0 heterocycles. The van der Waals surface area contributed by atoms with E-state index in [0.29, 0.717) is 12.0 Å². The number of nitrogens with one attached hydrogen (secondary N) is 3. The number of carbonyl (C=O) groups excluding carboxylic acids is 4. The molecule has 0 radical (unpaired) electrons. The molecule has 0 saturated heterocycles. The Morgan fingerprint density at radius 3 is 1.76 bits per heavy atom. The van der Waals surface area contributed by atoms with Crippen LogP contribution in [0.3, 0.4) is 0 Å². The van der Waals surface area contributed by atoms with Gasteiger partial charge in [0.25, 0.3) is 0 Å². The first kappa shape index (κ1) is 31.4. The smallest absolute Gasteiger partial charge is 0.326 e. The van der Waals surface area contributed by atoms with E-state index in [9.17, 15) is 34.2 Å². The van der Waals surface area contributed by atoms with Gasteiger partial charge < -0.3 is 37.6 Å². The van der Waals surface area contributed by atoms with Crippen LogP contribution in [0.15, 0.2) is 24.3 Å². The van der Waals surface area contributed by atoms with Crippen LogP contribution >= 0.6 is 0 Å². The van der Waals surface area contributed by atoms with Gasteiger partial charge in [-0.25, -0.2) is 4.79 Å². The molecule has 4 atom stereocenters. The van der Waals surface area contributed by atoms with Gasteiger partial charge in [0.1, 0.15) is 23.9 Å². The standard InChI is InChI=1S/C25H39N5O7/c1-13(2)9-17(26)22(33)28-19(12-21(27)32)24(35)29-18(11-15-5-7-16(31)8-6-15)23(34)30-20(25(36)37)10-14(3)4/h5-8,13-14,17-20,31H,9-12,26H2,1-4H3,(H2,27,32)(H,28,33)(H,29,35)(H,30,34)(H,36,37). The van der Waals surface area contributed by atoms with E-state index in [1.807, 2.05) is 13.8 Å². The van der Waals surface area contributed by atoms with E-state index >= 15 is 0 Å². The summed E-state index contributed by atoms with van der Waals surface area (Å²) >= 11 is 0. The van der Waals surface area contributed by atoms with Crippen molar-refractivity contribution in [3.05, 3.63) is 29.8 Å². The highest BCUT2D eigenvalue weighted by molar-refractivity contribution is 5.96. The zero-order chi connectivity index (χ0) is 28.3. The third-order valence-electron chi connectivity index (χ3n) is 5.43. The van der Waals surface area contributed by atoms with Crippen molar-refractivity contribution >= 4 is 29.6 Å². The Kier molecular flexibility index (Phi) is 12.5. The lowest BCUT2D eigenvalue weighted by Gasteiger charge is -2.25. The number of hydrogen-bond donors (Lipinski definition) is 7. The zero-order valence-electron chi connectivity index (χ0n) is 21.7. The summed E-state index contributed by atoms with van der Waals surface area (Å²) in [6.07, 6.45) is -0.0926. The largest absolute Gasteiger partial charge is 0.508 e. The highest BCUT2D eigenvalue weighted by atomic mass is 16.4. The van der Waals surface area contributed by atoms with Gasteiger partial charge in [0.15, 0.2) is 0 Å². The fraction of sp³-hybridized carbons (Fsp3) is 0.560. The minimum atomic E-state index is -1.40. The number of carboxylic acids is 1. The molecule has 206 valence electrons. The summed E-state index contributed by atoms with van der Waals surface area (Å²) in [5.41, 5.74) is 11.7. The molecule has 0 bridgehead atoms. The lowest BCUT2D eigenvalue weighted by atomic mass is 10.0. The monoisotopic (exact) mass is 521 g/mol. The van der Waals surface area contributed by atoms with Crippen molar-refractivity contribution in [1.29, 1.82) is 0 Å². The van der Waals surface area contributed by atoms with Crippen LogP contribution in [0.4, 0.5) is 0 Å². The van der Waals surface area contributed by atoms with Crippen LogP contribution in [0, 0.1) is 11.8 Å². The molecule has 1 rings (SSSR count). The van der Waals surface area contributed by atoms with E-state index in [4.69, 9.17) is 11.5 Å². The number of nitrogens with two attached hydrogens (primary N) is 2. The summed E-state index contributed by atoms with van der Waals surface area (Å²) in [5.74, 6) is -4.30. The minimum Gasteiger partial charge on any atom is -0.508 e. The Morgan fingerprint density at radius 1 is 0.784 bits per heavy atom. The molecule has 12 nitrogen and oxygen atoms in total. The molecular weight excluding hydrogens is 482 g/mol. The summed E-state index contributed by atoms with van der Waals surface area (Å²) in [5, 5.41) is 26.4. The first-order chi connectivity index (χ1) is 17.2. The van der Waals surface area contributed by atoms with Crippen molar-refractivity contribution in [3.63, 3.8) is 0 Å². The molecule has 9 N–H and O–H groups in total. The normalized spacial score (nSPS) is 14.4. The Balaban J connectivity index is 3.17. The number of carbonyl (C=O) groups is 5. The SMILES string of the molecule is CC(C)CC(N)C(=O)NC(CC(N)=O)C(=O)NC(Cc1ccc(O)cc1)C(=O)NC(CC(C)C)C(=O)O. The highest BCUT2D eigenvalue weighted by Gasteiger charge is 2.31. The Labute approximate surface area is 216 Å². The van der Waals surface area contributed by atoms with Crippen LogP contribution < -0.4 is 27.4 Å². The first-order valence-electron chi connectivity index (χ1n) is 12.1. The Hall–Kier alpha value is -3.67. The van der Waals surface area contributed by atoms with Gasteiger partial charge in [-0.3, -0.25) is 19.2 Å². The number of rotatable bonds is 15. The zero-order valence-corrected chi connectivity index (χ0v) is 21.7. The molecular formula is C25H39N5O7. The van der Waals surface area contributed by atoms with Crippen LogP contribution in [0.2, 0.25) is 0 Å². The second-order valence-corrected chi connectivity index (χ2v) is 9.93. The highest BCUT2D eigenvalue weighted by Crippen LogP contribution is 2.13. The lowest BCUT2D eigenvalue weighted by molar-refractivity contribution is -0.143.